The van der Waals surface area contributed by atoms with Crippen molar-refractivity contribution in [2.24, 2.45) is 5.92 Å². The zero-order valence-corrected chi connectivity index (χ0v) is 76.2. The number of ketones is 5. The summed E-state index contributed by atoms with van der Waals surface area (Å²) in [7, 11) is 11.0. The third kappa shape index (κ3) is 23.7. The van der Waals surface area contributed by atoms with E-state index < -0.39 is 57.8 Å². The van der Waals surface area contributed by atoms with Crippen molar-refractivity contribution >= 4 is 215 Å². The molecule has 0 radical (unpaired) electrons. The topological polar surface area (TPSA) is 446 Å². The molecule has 1 aliphatic carbocycles. The number of halogens is 1. The lowest BCUT2D eigenvalue weighted by atomic mass is 9.87. The first kappa shape index (κ1) is 95.9. The number of anilines is 9. The maximum atomic E-state index is 13.6. The number of hydrogen-bond acceptors (Lipinski definition) is 29. The second-order valence-corrected chi connectivity index (χ2v) is 34.4. The van der Waals surface area contributed by atoms with Crippen LogP contribution in [0.3, 0.4) is 0 Å². The predicted molar refractivity (Wildman–Crippen MR) is 502 cm³/mol. The molecule has 40 heteroatoms. The molecule has 10 amide bonds. The number of rotatable bonds is 19. The molecule has 0 aliphatic heterocycles. The zero-order valence-electron chi connectivity index (χ0n) is 72.1. The monoisotopic (exact) mass is 1870 g/mol. The number of para-hydroxylation sites is 1. The lowest BCUT2D eigenvalue weighted by Gasteiger charge is -2.28. The Labute approximate surface area is 757 Å². The molecular weight excluding hydrogens is 1780 g/mol. The van der Waals surface area contributed by atoms with Crippen LogP contribution in [0.25, 0.3) is 51.4 Å². The number of methoxy groups -OCH3 is 2. The van der Waals surface area contributed by atoms with Crippen LogP contribution < -0.4 is 93.4 Å². The molecule has 1 fully saturated rings. The molecule has 0 spiro atoms. The van der Waals surface area contributed by atoms with Crippen molar-refractivity contribution in [2.45, 2.75) is 80.2 Å². The van der Waals surface area contributed by atoms with Gasteiger partial charge in [-0.1, -0.05) is 19.1 Å². The fourth-order valence-corrected chi connectivity index (χ4v) is 17.3. The second kappa shape index (κ2) is 42.2. The Balaban J connectivity index is 0.000000157. The normalized spacial score (nSPS) is 12.5. The minimum atomic E-state index is -0.720. The molecule has 6 N–H and O–H groups in total. The first-order valence-electron chi connectivity index (χ1n) is 39.4. The van der Waals surface area contributed by atoms with Gasteiger partial charge in [0.05, 0.1) is 50.0 Å². The van der Waals surface area contributed by atoms with Crippen molar-refractivity contribution in [3.63, 3.8) is 0 Å². The van der Waals surface area contributed by atoms with Gasteiger partial charge in [0, 0.05) is 107 Å². The van der Waals surface area contributed by atoms with Crippen LogP contribution >= 0.6 is 56.7 Å². The highest BCUT2D eigenvalue weighted by Gasteiger charge is 2.27. The quantitative estimate of drug-likeness (QED) is 0.0323. The number of nitrogens with one attached hydrogen (secondary N) is 5. The van der Waals surface area contributed by atoms with Crippen LogP contribution in [0.15, 0.2) is 198 Å². The third-order valence-electron chi connectivity index (χ3n) is 19.7. The van der Waals surface area contributed by atoms with E-state index in [0.717, 1.165) is 37.4 Å². The van der Waals surface area contributed by atoms with Crippen molar-refractivity contribution in [3.8, 4) is 23.0 Å². The standard InChI is InChI=1S/C19H18N2O6S.C19H18N2O5S.C18H22N2O4S.C17H13FN2O4S.C17H14N2O5S/c1-10(22)14-8-16-15(27-18(14)23)9-17(28-16)21(2)19(24)20-11-5-12(25-3)7-13(6-11)26-4;1-4-25-13-7-5-12(6-8-13)20-19(24)21(3)17-10-15-16(27-17)9-14(11(2)22)18(23)26-15;1-10-4-6-12(7-5-10)19-18(23)20(3)16-9-14-15(25-16)8-13(11(2)21)17(22)24-14;1-9(21)10-7-14-13(24-16(10)22)8-15(25-14)20(2)17(23)19-12-6-4-3-5-11(12)18;1-9(20)12-7-14-13(24-16(12)22)8-15(25-14)19(2)17(23)18-10-3-5-11(21)6-4-10/h5-9H,1-4H3,(H,20,24);5-10H,4H2,1-3H3,(H,20,24);8-10,12H,4-7H2,1-3H3,(H,19,23);3-8H,1-2H3,(H,19,23);3-8,21H,1-2H3,(H,18,23). The number of benzene rings is 4. The molecule has 1 aliphatic rings. The number of ether oxygens (including phenoxy) is 3. The molecule has 130 heavy (non-hydrogen) atoms. The molecule has 10 aromatic heterocycles. The predicted octanol–water partition coefficient (Wildman–Crippen LogP) is 18.9. The molecule has 15 rings (SSSR count). The van der Waals surface area contributed by atoms with Gasteiger partial charge < -0.3 is 68.0 Å². The Morgan fingerprint density at radius 1 is 0.385 bits per heavy atom. The Hall–Kier alpha value is -14.7. The summed E-state index contributed by atoms with van der Waals surface area (Å²) in [5.74, 6) is 0.270. The highest BCUT2D eigenvalue weighted by atomic mass is 32.1. The second-order valence-electron chi connectivity index (χ2n) is 29.1. The van der Waals surface area contributed by atoms with Gasteiger partial charge in [0.1, 0.15) is 81.6 Å². The largest absolute Gasteiger partial charge is 0.508 e. The van der Waals surface area contributed by atoms with Gasteiger partial charge in [-0.3, -0.25) is 48.5 Å². The van der Waals surface area contributed by atoms with E-state index in [2.05, 4.69) is 33.5 Å². The summed E-state index contributed by atoms with van der Waals surface area (Å²) in [6.45, 7) is 11.2. The van der Waals surface area contributed by atoms with Crippen LogP contribution in [0.2, 0.25) is 0 Å². The van der Waals surface area contributed by atoms with E-state index in [9.17, 15) is 81.4 Å². The first-order valence-corrected chi connectivity index (χ1v) is 43.5. The number of carbonyl (C=O) groups is 10. The van der Waals surface area contributed by atoms with Gasteiger partial charge >= 0.3 is 58.3 Å². The van der Waals surface area contributed by atoms with Gasteiger partial charge in [-0.25, -0.2) is 52.3 Å². The number of amides is 10. The van der Waals surface area contributed by atoms with Crippen molar-refractivity contribution in [1.29, 1.82) is 0 Å². The highest BCUT2D eigenvalue weighted by molar-refractivity contribution is 7.24. The Morgan fingerprint density at radius 3 is 0.977 bits per heavy atom. The number of fused-ring (bicyclic) bond motifs is 5. The molecule has 0 bridgehead atoms. The zero-order chi connectivity index (χ0) is 94.4. The van der Waals surface area contributed by atoms with Gasteiger partial charge in [0.15, 0.2) is 56.8 Å². The van der Waals surface area contributed by atoms with Gasteiger partial charge in [0.2, 0.25) is 0 Å². The number of carbonyl (C=O) groups excluding carboxylic acids is 10. The van der Waals surface area contributed by atoms with E-state index >= 15 is 0 Å². The molecule has 34 nitrogen and oxygen atoms in total. The molecular formula is C90H85FN10O24S5. The SMILES string of the molecule is CC(=O)c1cc2sc(N(C)C(=O)NC3CCC(C)CC3)cc2oc1=O.CC(=O)c1cc2sc(N(C)C(=O)Nc3ccc(O)cc3)cc2oc1=O.CC(=O)c1cc2sc(N(C)C(=O)Nc3ccccc3F)cc2oc1=O.CCOc1ccc(NC(=O)N(C)c2cc3oc(=O)c(C(C)=O)cc3s2)cc1.COc1cc(NC(=O)N(C)c2cc3oc(=O)c(C(C)=O)cc3s2)cc(OC)c1. The van der Waals surface area contributed by atoms with Crippen LogP contribution in [-0.4, -0.2) is 126 Å². The lowest BCUT2D eigenvalue weighted by molar-refractivity contribution is 0.100. The van der Waals surface area contributed by atoms with Crippen molar-refractivity contribution in [3.05, 3.63) is 237 Å². The smallest absolute Gasteiger partial charge is 0.347 e. The summed E-state index contributed by atoms with van der Waals surface area (Å²) in [6.07, 6.45) is 4.28. The van der Waals surface area contributed by atoms with Gasteiger partial charge in [-0.05, 0) is 164 Å². The summed E-state index contributed by atoms with van der Waals surface area (Å²) >= 11 is 6.20. The van der Waals surface area contributed by atoms with E-state index in [4.69, 9.17) is 36.3 Å². The fraction of sp³-hybridized carbons (Fsp3) is 0.233. The molecule has 10 heterocycles. The molecule has 0 unspecified atom stereocenters. The van der Waals surface area contributed by atoms with Crippen molar-refractivity contribution in [2.75, 3.05) is 102 Å². The third-order valence-corrected chi connectivity index (χ3v) is 25.4. The van der Waals surface area contributed by atoms with Crippen LogP contribution in [-0.2, 0) is 0 Å². The van der Waals surface area contributed by atoms with E-state index in [0.29, 0.717) is 106 Å². The lowest BCUT2D eigenvalue weighted by Crippen LogP contribution is -2.44. The summed E-state index contributed by atoms with van der Waals surface area (Å²) in [5.41, 5.74) is -0.121. The number of Topliss-reactive ketones (excluding diaryl/α,β-unsaturated/α-hetero) is 5. The number of thiophene rings is 5. The molecule has 0 saturated heterocycles. The summed E-state index contributed by atoms with van der Waals surface area (Å²) in [5, 5.41) is 25.9. The summed E-state index contributed by atoms with van der Waals surface area (Å²) < 4.78 is 58.3. The Morgan fingerprint density at radius 2 is 0.677 bits per heavy atom. The minimum absolute atomic E-state index is 0.00241. The van der Waals surface area contributed by atoms with E-state index in [1.54, 1.807) is 113 Å². The maximum Gasteiger partial charge on any atom is 0.347 e. The van der Waals surface area contributed by atoms with Crippen molar-refractivity contribution in [1.82, 2.24) is 5.32 Å². The van der Waals surface area contributed by atoms with Gasteiger partial charge in [-0.2, -0.15) is 0 Å². The Kier molecular flexibility index (Phi) is 31.2. The number of urea groups is 5. The van der Waals surface area contributed by atoms with E-state index in [1.807, 2.05) is 6.92 Å². The van der Waals surface area contributed by atoms with Crippen LogP contribution in [0.5, 0.6) is 23.0 Å². The first-order chi connectivity index (χ1) is 61.8. The number of phenolic OH excluding ortho intramolecular Hbond substituents is 1. The number of aromatic hydroxyl groups is 1. The van der Waals surface area contributed by atoms with Crippen LogP contribution in [0, 0.1) is 11.7 Å². The van der Waals surface area contributed by atoms with Gasteiger partial charge in [0.25, 0.3) is 0 Å². The van der Waals surface area contributed by atoms with Crippen LogP contribution in [0.1, 0.15) is 126 Å². The van der Waals surface area contributed by atoms with Crippen LogP contribution in [0.4, 0.5) is 76.1 Å². The number of nitrogens with zero attached hydrogens (tertiary/aromatic N) is 5. The number of hydrogen-bond donors (Lipinski definition) is 6. The number of phenols is 1. The average molecular weight is 1870 g/mol. The van der Waals surface area contributed by atoms with Gasteiger partial charge in [-0.15, -0.1) is 56.7 Å². The maximum absolute atomic E-state index is 13.6. The molecule has 1 saturated carbocycles. The molecule has 14 aromatic rings. The highest BCUT2D eigenvalue weighted by Crippen LogP contribution is 2.39. The fourth-order valence-electron chi connectivity index (χ4n) is 12.3. The molecule has 676 valence electrons. The minimum Gasteiger partial charge on any atom is -0.508 e. The van der Waals surface area contributed by atoms with E-state index in [1.165, 1.54) is 204 Å². The molecule has 4 aromatic carbocycles. The summed E-state index contributed by atoms with van der Waals surface area (Å²) in [4.78, 5) is 185. The average Bonchev–Trinajstić information content (AvgIpc) is 1.67. The molecule has 0 atom stereocenters. The summed E-state index contributed by atoms with van der Waals surface area (Å²) in [6, 6.07) is 37.7. The van der Waals surface area contributed by atoms with E-state index in [-0.39, 0.29) is 86.1 Å². The van der Waals surface area contributed by atoms with Crippen molar-refractivity contribution < 1.29 is 93.7 Å². The Bertz CT molecular complexity index is 6990.